The van der Waals surface area contributed by atoms with Crippen LogP contribution in [0.4, 0.5) is 0 Å². The molecule has 0 aromatic rings. The Kier molecular flexibility index (Phi) is 6.69. The molecule has 0 aromatic carbocycles. The predicted octanol–water partition coefficient (Wildman–Crippen LogP) is 3.24. The third kappa shape index (κ3) is 5.38. The van der Waals surface area contributed by atoms with Crippen molar-refractivity contribution in [1.29, 1.82) is 5.41 Å². The Morgan fingerprint density at radius 1 is 1.28 bits per heavy atom. The van der Waals surface area contributed by atoms with Gasteiger partial charge in [0.05, 0.1) is 5.84 Å². The summed E-state index contributed by atoms with van der Waals surface area (Å²) in [5, 5.41) is 7.40. The highest BCUT2D eigenvalue weighted by Crippen LogP contribution is 2.29. The second kappa shape index (κ2) is 7.78. The molecule has 0 aliphatic heterocycles. The van der Waals surface area contributed by atoms with E-state index in [1.807, 2.05) is 0 Å². The first-order valence-corrected chi connectivity index (χ1v) is 7.59. The van der Waals surface area contributed by atoms with Crippen LogP contribution in [0.2, 0.25) is 0 Å². The van der Waals surface area contributed by atoms with Crippen molar-refractivity contribution in [2.45, 2.75) is 65.3 Å². The zero-order valence-corrected chi connectivity index (χ0v) is 12.4. The lowest BCUT2D eigenvalue weighted by Crippen LogP contribution is -2.41. The lowest BCUT2D eigenvalue weighted by molar-refractivity contribution is 0.124. The Balaban J connectivity index is 2.46. The molecule has 0 amide bonds. The van der Waals surface area contributed by atoms with Gasteiger partial charge in [-0.15, -0.1) is 0 Å². The van der Waals surface area contributed by atoms with E-state index >= 15 is 0 Å². The molecule has 1 aliphatic carbocycles. The van der Waals surface area contributed by atoms with Crippen LogP contribution in [0, 0.1) is 17.2 Å². The number of hydrogen-bond donors (Lipinski definition) is 2. The van der Waals surface area contributed by atoms with Crippen molar-refractivity contribution in [2.75, 3.05) is 13.1 Å². The van der Waals surface area contributed by atoms with E-state index in [2.05, 4.69) is 25.7 Å². The highest BCUT2D eigenvalue weighted by Gasteiger charge is 2.25. The zero-order valence-electron chi connectivity index (χ0n) is 12.4. The number of nitrogens with zero attached hydrogens (tertiary/aromatic N) is 1. The van der Waals surface area contributed by atoms with Crippen LogP contribution in [0.5, 0.6) is 0 Å². The molecule has 0 atom stereocenters. The Morgan fingerprint density at radius 3 is 2.33 bits per heavy atom. The van der Waals surface area contributed by atoms with E-state index < -0.39 is 0 Å². The Labute approximate surface area is 113 Å². The molecule has 3 N–H and O–H groups in total. The molecule has 3 nitrogen and oxygen atoms in total. The van der Waals surface area contributed by atoms with Crippen LogP contribution in [0.3, 0.4) is 0 Å². The number of hydrogen-bond acceptors (Lipinski definition) is 2. The van der Waals surface area contributed by atoms with Crippen LogP contribution in [0.25, 0.3) is 0 Å². The van der Waals surface area contributed by atoms with E-state index in [0.717, 1.165) is 31.5 Å². The van der Waals surface area contributed by atoms with Gasteiger partial charge < -0.3 is 5.73 Å². The van der Waals surface area contributed by atoms with Crippen molar-refractivity contribution in [2.24, 2.45) is 17.6 Å². The highest BCUT2D eigenvalue weighted by molar-refractivity contribution is 5.76. The van der Waals surface area contributed by atoms with Gasteiger partial charge in [0, 0.05) is 25.6 Å². The third-order valence-electron chi connectivity index (χ3n) is 4.18. The molecular formula is C15H31N3. The number of nitrogens with one attached hydrogen (secondary N) is 1. The van der Waals surface area contributed by atoms with Gasteiger partial charge in [-0.2, -0.15) is 0 Å². The van der Waals surface area contributed by atoms with E-state index in [9.17, 15) is 0 Å². The Bertz CT molecular complexity index is 242. The smallest absolute Gasteiger partial charge is 0.0918 e. The fourth-order valence-electron chi connectivity index (χ4n) is 3.07. The van der Waals surface area contributed by atoms with Crippen LogP contribution >= 0.6 is 0 Å². The van der Waals surface area contributed by atoms with E-state index in [1.54, 1.807) is 0 Å². The van der Waals surface area contributed by atoms with Crippen LogP contribution in [-0.4, -0.2) is 29.9 Å². The summed E-state index contributed by atoms with van der Waals surface area (Å²) in [5.74, 6) is 1.97. The summed E-state index contributed by atoms with van der Waals surface area (Å²) in [6, 6.07) is 0.731. The van der Waals surface area contributed by atoms with Crippen LogP contribution in [-0.2, 0) is 0 Å². The molecule has 1 rings (SSSR count). The average molecular weight is 253 g/mol. The molecule has 1 saturated carbocycles. The van der Waals surface area contributed by atoms with E-state index in [0.29, 0.717) is 11.8 Å². The van der Waals surface area contributed by atoms with Gasteiger partial charge in [0.25, 0.3) is 0 Å². The van der Waals surface area contributed by atoms with Gasteiger partial charge in [0.1, 0.15) is 0 Å². The summed E-state index contributed by atoms with van der Waals surface area (Å²) in [4.78, 5) is 2.58. The number of rotatable bonds is 7. The molecule has 0 bridgehead atoms. The first-order valence-electron chi connectivity index (χ1n) is 7.59. The predicted molar refractivity (Wildman–Crippen MR) is 79.0 cm³/mol. The zero-order chi connectivity index (χ0) is 13.5. The van der Waals surface area contributed by atoms with Gasteiger partial charge in [-0.1, -0.05) is 27.2 Å². The summed E-state index contributed by atoms with van der Waals surface area (Å²) >= 11 is 0. The van der Waals surface area contributed by atoms with E-state index in [1.165, 1.54) is 32.1 Å². The largest absolute Gasteiger partial charge is 0.388 e. The monoisotopic (exact) mass is 253 g/mol. The molecule has 3 heteroatoms. The minimum atomic E-state index is 0.325. The molecule has 0 radical (unpaired) electrons. The summed E-state index contributed by atoms with van der Waals surface area (Å²) in [6.07, 6.45) is 7.50. The van der Waals surface area contributed by atoms with Crippen molar-refractivity contribution < 1.29 is 0 Å². The lowest BCUT2D eigenvalue weighted by Gasteiger charge is -2.37. The van der Waals surface area contributed by atoms with E-state index in [-0.39, 0.29) is 0 Å². The normalized spacial score (nSPS) is 24.7. The molecule has 0 aromatic heterocycles. The maximum atomic E-state index is 7.40. The Hall–Kier alpha value is -0.570. The van der Waals surface area contributed by atoms with Crippen LogP contribution in [0.15, 0.2) is 0 Å². The van der Waals surface area contributed by atoms with Crippen molar-refractivity contribution in [1.82, 2.24) is 4.90 Å². The molecule has 1 fully saturated rings. The quantitative estimate of drug-likeness (QED) is 0.540. The third-order valence-corrected chi connectivity index (χ3v) is 4.18. The second-order valence-corrected chi connectivity index (χ2v) is 6.25. The maximum Gasteiger partial charge on any atom is 0.0918 e. The van der Waals surface area contributed by atoms with Gasteiger partial charge in [-0.3, -0.25) is 10.3 Å². The van der Waals surface area contributed by atoms with Crippen molar-refractivity contribution in [3.63, 3.8) is 0 Å². The molecule has 0 saturated heterocycles. The maximum absolute atomic E-state index is 7.40. The van der Waals surface area contributed by atoms with Gasteiger partial charge >= 0.3 is 0 Å². The van der Waals surface area contributed by atoms with Gasteiger partial charge in [-0.05, 0) is 37.5 Å². The molecule has 1 aliphatic rings. The molecular weight excluding hydrogens is 222 g/mol. The SMILES string of the molecule is CCC1CCC(N(CCC(=N)N)CC(C)C)CC1. The standard InChI is InChI=1S/C15H31N3/c1-4-13-5-7-14(8-6-13)18(11-12(2)3)10-9-15(16)17/h12-14H,4-11H2,1-3H3,(H3,16,17). The van der Waals surface area contributed by atoms with E-state index in [4.69, 9.17) is 11.1 Å². The van der Waals surface area contributed by atoms with Gasteiger partial charge in [0.2, 0.25) is 0 Å². The minimum absolute atomic E-state index is 0.325. The minimum Gasteiger partial charge on any atom is -0.388 e. The first kappa shape index (κ1) is 15.5. The fraction of sp³-hybridized carbons (Fsp3) is 0.933. The molecule has 0 spiro atoms. The molecule has 18 heavy (non-hydrogen) atoms. The van der Waals surface area contributed by atoms with Gasteiger partial charge in [0.15, 0.2) is 0 Å². The van der Waals surface area contributed by atoms with Crippen molar-refractivity contribution in [3.05, 3.63) is 0 Å². The molecule has 0 heterocycles. The summed E-state index contributed by atoms with van der Waals surface area (Å²) in [6.45, 7) is 8.98. The molecule has 0 unspecified atom stereocenters. The number of amidine groups is 1. The van der Waals surface area contributed by atoms with Crippen molar-refractivity contribution in [3.8, 4) is 0 Å². The second-order valence-electron chi connectivity index (χ2n) is 6.25. The van der Waals surface area contributed by atoms with Crippen LogP contribution < -0.4 is 5.73 Å². The molecule has 106 valence electrons. The van der Waals surface area contributed by atoms with Crippen molar-refractivity contribution >= 4 is 5.84 Å². The Morgan fingerprint density at radius 2 is 1.89 bits per heavy atom. The first-order chi connectivity index (χ1) is 8.52. The summed E-state index contributed by atoms with van der Waals surface area (Å²) in [5.41, 5.74) is 5.50. The summed E-state index contributed by atoms with van der Waals surface area (Å²) in [7, 11) is 0. The topological polar surface area (TPSA) is 53.1 Å². The highest BCUT2D eigenvalue weighted by atomic mass is 15.2. The van der Waals surface area contributed by atoms with Gasteiger partial charge in [-0.25, -0.2) is 0 Å². The average Bonchev–Trinajstić information content (AvgIpc) is 2.34. The fourth-order valence-corrected chi connectivity index (χ4v) is 3.07. The number of nitrogens with two attached hydrogens (primary N) is 1. The van der Waals surface area contributed by atoms with Crippen LogP contribution in [0.1, 0.15) is 59.3 Å². The lowest BCUT2D eigenvalue weighted by atomic mass is 9.83. The summed E-state index contributed by atoms with van der Waals surface area (Å²) < 4.78 is 0.